The van der Waals surface area contributed by atoms with Crippen LogP contribution in [0.4, 0.5) is 8.78 Å². The van der Waals surface area contributed by atoms with E-state index in [1.165, 1.54) is 6.07 Å². The Balaban J connectivity index is 2.21. The van der Waals surface area contributed by atoms with E-state index in [4.69, 9.17) is 23.2 Å². The van der Waals surface area contributed by atoms with Gasteiger partial charge in [0.25, 0.3) is 5.91 Å². The molecular weight excluding hydrogens is 319 g/mol. The highest BCUT2D eigenvalue weighted by Gasteiger charge is 2.19. The smallest absolute Gasteiger partial charge is 0.257 e. The van der Waals surface area contributed by atoms with Gasteiger partial charge < -0.3 is 5.32 Å². The van der Waals surface area contributed by atoms with E-state index in [0.717, 1.165) is 12.1 Å². The zero-order valence-electron chi connectivity index (χ0n) is 11.0. The van der Waals surface area contributed by atoms with Crippen LogP contribution >= 0.6 is 23.2 Å². The first-order valence-electron chi connectivity index (χ1n) is 6.10. The quantitative estimate of drug-likeness (QED) is 0.863. The predicted octanol–water partition coefficient (Wildman–Crippen LogP) is 4.76. The minimum absolute atomic E-state index is 0.340. The van der Waals surface area contributed by atoms with E-state index in [-0.39, 0.29) is 0 Å². The van der Waals surface area contributed by atoms with Crippen LogP contribution in [0.1, 0.15) is 28.9 Å². The van der Waals surface area contributed by atoms with Crippen LogP contribution in [-0.4, -0.2) is 5.91 Å². The maximum Gasteiger partial charge on any atom is 0.257 e. The lowest BCUT2D eigenvalue weighted by Crippen LogP contribution is -2.28. The molecule has 0 aromatic heterocycles. The largest absolute Gasteiger partial charge is 0.345 e. The highest BCUT2D eigenvalue weighted by Crippen LogP contribution is 2.25. The number of carbonyl (C=O) groups excluding carboxylic acids is 1. The lowest BCUT2D eigenvalue weighted by atomic mass is 10.1. The third kappa shape index (κ3) is 3.52. The molecule has 0 unspecified atom stereocenters. The fraction of sp³-hybridized carbons (Fsp3) is 0.133. The molecule has 2 aromatic rings. The minimum Gasteiger partial charge on any atom is -0.345 e. The lowest BCUT2D eigenvalue weighted by Gasteiger charge is -2.15. The van der Waals surface area contributed by atoms with Gasteiger partial charge in [0.1, 0.15) is 17.2 Å². The van der Waals surface area contributed by atoms with E-state index >= 15 is 0 Å². The summed E-state index contributed by atoms with van der Waals surface area (Å²) in [4.78, 5) is 12.0. The Kier molecular flexibility index (Phi) is 4.80. The molecule has 0 fully saturated rings. The number of carbonyl (C=O) groups is 1. The van der Waals surface area contributed by atoms with Crippen molar-refractivity contribution in [3.05, 3.63) is 69.2 Å². The van der Waals surface area contributed by atoms with Gasteiger partial charge in [0.15, 0.2) is 0 Å². The van der Waals surface area contributed by atoms with Crippen LogP contribution in [0.3, 0.4) is 0 Å². The van der Waals surface area contributed by atoms with E-state index < -0.39 is 29.1 Å². The first-order chi connectivity index (χ1) is 9.90. The molecule has 0 saturated carbocycles. The van der Waals surface area contributed by atoms with Crippen molar-refractivity contribution >= 4 is 29.1 Å². The fourth-order valence-corrected chi connectivity index (χ4v) is 2.16. The van der Waals surface area contributed by atoms with Crippen LogP contribution in [0, 0.1) is 11.6 Å². The topological polar surface area (TPSA) is 29.1 Å². The Labute approximate surface area is 130 Å². The Bertz CT molecular complexity index is 671. The predicted molar refractivity (Wildman–Crippen MR) is 78.7 cm³/mol. The van der Waals surface area contributed by atoms with Gasteiger partial charge in [0.05, 0.1) is 16.1 Å². The second-order valence-corrected chi connectivity index (χ2v) is 5.28. The molecule has 0 aliphatic rings. The van der Waals surface area contributed by atoms with Crippen LogP contribution in [0.2, 0.25) is 10.0 Å². The molecule has 0 aliphatic heterocycles. The normalized spacial score (nSPS) is 12.0. The van der Waals surface area contributed by atoms with Crippen molar-refractivity contribution in [3.63, 3.8) is 0 Å². The summed E-state index contributed by atoms with van der Waals surface area (Å²) < 4.78 is 27.1. The zero-order chi connectivity index (χ0) is 15.6. The molecule has 0 aliphatic carbocycles. The maximum absolute atomic E-state index is 13.5. The van der Waals surface area contributed by atoms with Crippen LogP contribution in [0.15, 0.2) is 36.4 Å². The maximum atomic E-state index is 13.5. The molecule has 21 heavy (non-hydrogen) atoms. The number of hydrogen-bond acceptors (Lipinski definition) is 1. The first-order valence-corrected chi connectivity index (χ1v) is 6.85. The Hall–Kier alpha value is -1.65. The fourth-order valence-electron chi connectivity index (χ4n) is 1.85. The summed E-state index contributed by atoms with van der Waals surface area (Å²) in [6, 6.07) is 7.63. The summed E-state index contributed by atoms with van der Waals surface area (Å²) in [5, 5.41) is 3.25. The van der Waals surface area contributed by atoms with Crippen LogP contribution < -0.4 is 5.32 Å². The number of amides is 1. The SMILES string of the molecule is C[C@@H](NC(=O)c1c(F)cccc1F)c1ccc(Cl)c(Cl)c1. The van der Waals surface area contributed by atoms with Gasteiger partial charge in [-0.15, -0.1) is 0 Å². The molecule has 1 atom stereocenters. The van der Waals surface area contributed by atoms with Gasteiger partial charge >= 0.3 is 0 Å². The summed E-state index contributed by atoms with van der Waals surface area (Å²) in [6.07, 6.45) is 0. The molecule has 0 spiro atoms. The van der Waals surface area contributed by atoms with E-state index in [1.54, 1.807) is 25.1 Å². The van der Waals surface area contributed by atoms with Crippen molar-refractivity contribution in [3.8, 4) is 0 Å². The van der Waals surface area contributed by atoms with E-state index in [1.807, 2.05) is 0 Å². The lowest BCUT2D eigenvalue weighted by molar-refractivity contribution is 0.0931. The molecule has 0 saturated heterocycles. The first kappa shape index (κ1) is 15.7. The standard InChI is InChI=1S/C15H11Cl2F2NO/c1-8(9-5-6-10(16)11(17)7-9)20-15(21)14-12(18)3-2-4-13(14)19/h2-8H,1H3,(H,20,21)/t8-/m1/s1. The third-order valence-electron chi connectivity index (χ3n) is 2.98. The van der Waals surface area contributed by atoms with E-state index in [0.29, 0.717) is 15.6 Å². The molecular formula is C15H11Cl2F2NO. The summed E-state index contributed by atoms with van der Waals surface area (Å²) in [5.41, 5.74) is 0.0684. The van der Waals surface area contributed by atoms with Gasteiger partial charge in [-0.25, -0.2) is 8.78 Å². The van der Waals surface area contributed by atoms with Crippen LogP contribution in [-0.2, 0) is 0 Å². The van der Waals surface area contributed by atoms with Gasteiger partial charge in [-0.05, 0) is 36.8 Å². The minimum atomic E-state index is -0.908. The summed E-state index contributed by atoms with van der Waals surface area (Å²) in [5.74, 6) is -2.65. The van der Waals surface area contributed by atoms with Gasteiger partial charge in [-0.2, -0.15) is 0 Å². The number of benzene rings is 2. The van der Waals surface area contributed by atoms with Crippen molar-refractivity contribution in [2.75, 3.05) is 0 Å². The molecule has 2 nitrogen and oxygen atoms in total. The van der Waals surface area contributed by atoms with Crippen molar-refractivity contribution in [2.24, 2.45) is 0 Å². The Morgan fingerprint density at radius 2 is 1.71 bits per heavy atom. The molecule has 0 radical (unpaired) electrons. The van der Waals surface area contributed by atoms with Crippen molar-refractivity contribution in [2.45, 2.75) is 13.0 Å². The molecule has 1 amide bonds. The van der Waals surface area contributed by atoms with Gasteiger partial charge in [0, 0.05) is 0 Å². The summed E-state index contributed by atoms with van der Waals surface area (Å²) in [6.45, 7) is 1.68. The number of hydrogen-bond donors (Lipinski definition) is 1. The molecule has 110 valence electrons. The number of nitrogens with one attached hydrogen (secondary N) is 1. The molecule has 0 heterocycles. The molecule has 1 N–H and O–H groups in total. The van der Waals surface area contributed by atoms with Crippen molar-refractivity contribution < 1.29 is 13.6 Å². The van der Waals surface area contributed by atoms with E-state index in [2.05, 4.69) is 5.32 Å². The number of rotatable bonds is 3. The molecule has 0 bridgehead atoms. The zero-order valence-corrected chi connectivity index (χ0v) is 12.5. The summed E-state index contributed by atoms with van der Waals surface area (Å²) >= 11 is 11.7. The molecule has 2 aromatic carbocycles. The monoisotopic (exact) mass is 329 g/mol. The Morgan fingerprint density at radius 1 is 1.10 bits per heavy atom. The average molecular weight is 330 g/mol. The molecule has 2 rings (SSSR count). The van der Waals surface area contributed by atoms with Gasteiger partial charge in [0.2, 0.25) is 0 Å². The van der Waals surface area contributed by atoms with Gasteiger partial charge in [-0.1, -0.05) is 35.3 Å². The van der Waals surface area contributed by atoms with Crippen molar-refractivity contribution in [1.29, 1.82) is 0 Å². The highest BCUT2D eigenvalue weighted by molar-refractivity contribution is 6.42. The summed E-state index contributed by atoms with van der Waals surface area (Å²) in [7, 11) is 0. The second-order valence-electron chi connectivity index (χ2n) is 4.47. The van der Waals surface area contributed by atoms with Crippen LogP contribution in [0.5, 0.6) is 0 Å². The average Bonchev–Trinajstić information content (AvgIpc) is 2.41. The molecule has 6 heteroatoms. The van der Waals surface area contributed by atoms with Gasteiger partial charge in [-0.3, -0.25) is 4.79 Å². The second kappa shape index (κ2) is 6.41. The third-order valence-corrected chi connectivity index (χ3v) is 3.72. The van der Waals surface area contributed by atoms with E-state index in [9.17, 15) is 13.6 Å². The van der Waals surface area contributed by atoms with Crippen molar-refractivity contribution in [1.82, 2.24) is 5.32 Å². The highest BCUT2D eigenvalue weighted by atomic mass is 35.5. The number of halogens is 4. The van der Waals surface area contributed by atoms with Crippen LogP contribution in [0.25, 0.3) is 0 Å². The Morgan fingerprint density at radius 3 is 2.29 bits per heavy atom.